The molecule has 1 aromatic carbocycles. The number of aryl methyl sites for hydroxylation is 2. The largest absolute Gasteiger partial charge is 0.490 e. The Morgan fingerprint density at radius 2 is 2.00 bits per heavy atom. The molecular formula is C19H25N3O2. The van der Waals surface area contributed by atoms with Gasteiger partial charge in [0.1, 0.15) is 17.9 Å². The summed E-state index contributed by atoms with van der Waals surface area (Å²) in [5.74, 6) is 1.08. The molecule has 0 unspecified atom stereocenters. The van der Waals surface area contributed by atoms with Crippen molar-refractivity contribution in [3.8, 4) is 5.75 Å². The Morgan fingerprint density at radius 3 is 2.62 bits per heavy atom. The number of rotatable bonds is 4. The third-order valence-electron chi connectivity index (χ3n) is 4.86. The van der Waals surface area contributed by atoms with Crippen LogP contribution < -0.4 is 4.74 Å². The van der Waals surface area contributed by atoms with Gasteiger partial charge in [0, 0.05) is 38.3 Å². The lowest BCUT2D eigenvalue weighted by atomic mass is 10.1. The summed E-state index contributed by atoms with van der Waals surface area (Å²) in [6.45, 7) is 7.61. The van der Waals surface area contributed by atoms with Gasteiger partial charge in [-0.2, -0.15) is 0 Å². The second kappa shape index (κ2) is 7.07. The molecule has 5 heteroatoms. The molecule has 5 nitrogen and oxygen atoms in total. The van der Waals surface area contributed by atoms with Crippen LogP contribution in [0, 0.1) is 13.8 Å². The molecule has 1 atom stereocenters. The van der Waals surface area contributed by atoms with Gasteiger partial charge in [-0.05, 0) is 44.0 Å². The van der Waals surface area contributed by atoms with E-state index in [2.05, 4.69) is 31.0 Å². The zero-order valence-corrected chi connectivity index (χ0v) is 14.6. The van der Waals surface area contributed by atoms with Crippen LogP contribution in [0.15, 0.2) is 36.9 Å². The van der Waals surface area contributed by atoms with Crippen molar-refractivity contribution >= 4 is 5.91 Å². The highest BCUT2D eigenvalue weighted by atomic mass is 16.5. The lowest BCUT2D eigenvalue weighted by Crippen LogP contribution is -2.44. The standard InChI is InChI=1S/C19H25N3O2/c1-14-4-5-18(12-15(14)2)24-17-6-9-21(10-7-17)19(23)16(3)22-11-8-20-13-22/h4-5,8,11-13,16-17H,6-7,9-10H2,1-3H3/t16-/m0/s1. The van der Waals surface area contributed by atoms with Crippen molar-refractivity contribution in [1.82, 2.24) is 14.5 Å². The average molecular weight is 327 g/mol. The molecule has 1 saturated heterocycles. The van der Waals surface area contributed by atoms with Crippen LogP contribution in [-0.2, 0) is 4.79 Å². The highest BCUT2D eigenvalue weighted by Gasteiger charge is 2.27. The first-order chi connectivity index (χ1) is 11.5. The minimum Gasteiger partial charge on any atom is -0.490 e. The van der Waals surface area contributed by atoms with Crippen LogP contribution in [0.4, 0.5) is 0 Å². The molecule has 128 valence electrons. The summed E-state index contributed by atoms with van der Waals surface area (Å²) in [6.07, 6.45) is 7.15. The van der Waals surface area contributed by atoms with Crippen molar-refractivity contribution in [1.29, 1.82) is 0 Å². The number of carbonyl (C=O) groups is 1. The number of carbonyl (C=O) groups excluding carboxylic acids is 1. The number of nitrogens with zero attached hydrogens (tertiary/aromatic N) is 3. The van der Waals surface area contributed by atoms with E-state index < -0.39 is 0 Å². The van der Waals surface area contributed by atoms with E-state index in [1.165, 1.54) is 11.1 Å². The number of amides is 1. The predicted octanol–water partition coefficient (Wildman–Crippen LogP) is 3.13. The second-order valence-electron chi connectivity index (χ2n) is 6.57. The van der Waals surface area contributed by atoms with Crippen LogP contribution in [-0.4, -0.2) is 39.6 Å². The second-order valence-corrected chi connectivity index (χ2v) is 6.57. The molecule has 0 radical (unpaired) electrons. The van der Waals surface area contributed by atoms with Gasteiger partial charge in [-0.15, -0.1) is 0 Å². The Labute approximate surface area is 143 Å². The van der Waals surface area contributed by atoms with E-state index in [0.717, 1.165) is 31.7 Å². The summed E-state index contributed by atoms with van der Waals surface area (Å²) in [4.78, 5) is 18.5. The molecule has 1 amide bonds. The van der Waals surface area contributed by atoms with Crippen molar-refractivity contribution in [2.24, 2.45) is 0 Å². The summed E-state index contributed by atoms with van der Waals surface area (Å²) < 4.78 is 7.95. The Kier molecular flexibility index (Phi) is 4.88. The molecule has 3 rings (SSSR count). The van der Waals surface area contributed by atoms with Crippen molar-refractivity contribution in [3.63, 3.8) is 0 Å². The van der Waals surface area contributed by atoms with E-state index in [0.29, 0.717) is 0 Å². The van der Waals surface area contributed by atoms with Gasteiger partial charge < -0.3 is 14.2 Å². The molecule has 1 aliphatic heterocycles. The third kappa shape index (κ3) is 3.61. The Hall–Kier alpha value is -2.30. The first kappa shape index (κ1) is 16.6. The molecule has 0 N–H and O–H groups in total. The summed E-state index contributed by atoms with van der Waals surface area (Å²) in [7, 11) is 0. The number of aromatic nitrogens is 2. The van der Waals surface area contributed by atoms with E-state index in [4.69, 9.17) is 4.74 Å². The maximum absolute atomic E-state index is 12.6. The van der Waals surface area contributed by atoms with Gasteiger partial charge >= 0.3 is 0 Å². The van der Waals surface area contributed by atoms with E-state index in [-0.39, 0.29) is 18.1 Å². The van der Waals surface area contributed by atoms with E-state index in [1.807, 2.05) is 28.7 Å². The van der Waals surface area contributed by atoms with Gasteiger partial charge in [0.2, 0.25) is 5.91 Å². The first-order valence-electron chi connectivity index (χ1n) is 8.54. The number of hydrogen-bond donors (Lipinski definition) is 0. The lowest BCUT2D eigenvalue weighted by Gasteiger charge is -2.34. The highest BCUT2D eigenvalue weighted by molar-refractivity contribution is 5.80. The maximum Gasteiger partial charge on any atom is 0.245 e. The lowest BCUT2D eigenvalue weighted by molar-refractivity contribution is -0.136. The van der Waals surface area contributed by atoms with Crippen LogP contribution in [0.5, 0.6) is 5.75 Å². The van der Waals surface area contributed by atoms with E-state index >= 15 is 0 Å². The quantitative estimate of drug-likeness (QED) is 0.867. The van der Waals surface area contributed by atoms with Gasteiger partial charge in [-0.3, -0.25) is 4.79 Å². The third-order valence-corrected chi connectivity index (χ3v) is 4.86. The van der Waals surface area contributed by atoms with Crippen molar-refractivity contribution in [2.45, 2.75) is 45.8 Å². The Morgan fingerprint density at radius 1 is 1.25 bits per heavy atom. The Bertz CT molecular complexity index is 689. The predicted molar refractivity (Wildman–Crippen MR) is 93.1 cm³/mol. The maximum atomic E-state index is 12.6. The summed E-state index contributed by atoms with van der Waals surface area (Å²) in [6, 6.07) is 6.01. The molecule has 0 saturated carbocycles. The zero-order chi connectivity index (χ0) is 17.1. The summed E-state index contributed by atoms with van der Waals surface area (Å²) >= 11 is 0. The normalized spacial score (nSPS) is 16.9. The first-order valence-corrected chi connectivity index (χ1v) is 8.54. The Balaban J connectivity index is 1.53. The number of piperidine rings is 1. The smallest absolute Gasteiger partial charge is 0.245 e. The molecule has 1 fully saturated rings. The number of imidazole rings is 1. The van der Waals surface area contributed by atoms with E-state index in [9.17, 15) is 4.79 Å². The summed E-state index contributed by atoms with van der Waals surface area (Å²) in [5, 5.41) is 0. The van der Waals surface area contributed by atoms with Gasteiger partial charge in [0.05, 0.1) is 6.33 Å². The minimum absolute atomic E-state index is 0.151. The fourth-order valence-electron chi connectivity index (χ4n) is 3.06. The van der Waals surface area contributed by atoms with Crippen LogP contribution in [0.1, 0.15) is 36.9 Å². The molecule has 0 aliphatic carbocycles. The monoisotopic (exact) mass is 327 g/mol. The molecule has 0 spiro atoms. The van der Waals surface area contributed by atoms with Gasteiger partial charge in [0.25, 0.3) is 0 Å². The molecule has 2 heterocycles. The molecular weight excluding hydrogens is 302 g/mol. The van der Waals surface area contributed by atoms with E-state index in [1.54, 1.807) is 12.5 Å². The number of hydrogen-bond acceptors (Lipinski definition) is 3. The van der Waals surface area contributed by atoms with Crippen LogP contribution in [0.2, 0.25) is 0 Å². The SMILES string of the molecule is Cc1ccc(OC2CCN(C(=O)[C@H](C)n3ccnc3)CC2)cc1C. The van der Waals surface area contributed by atoms with Crippen LogP contribution >= 0.6 is 0 Å². The number of ether oxygens (including phenoxy) is 1. The molecule has 0 bridgehead atoms. The van der Waals surface area contributed by atoms with Crippen LogP contribution in [0.3, 0.4) is 0 Å². The van der Waals surface area contributed by atoms with Gasteiger partial charge in [0.15, 0.2) is 0 Å². The molecule has 1 aromatic heterocycles. The van der Waals surface area contributed by atoms with Crippen molar-refractivity contribution in [2.75, 3.05) is 13.1 Å². The van der Waals surface area contributed by atoms with Crippen molar-refractivity contribution < 1.29 is 9.53 Å². The zero-order valence-electron chi connectivity index (χ0n) is 14.6. The minimum atomic E-state index is -0.204. The van der Waals surface area contributed by atoms with Gasteiger partial charge in [-0.25, -0.2) is 4.98 Å². The summed E-state index contributed by atoms with van der Waals surface area (Å²) in [5.41, 5.74) is 2.52. The van der Waals surface area contributed by atoms with Crippen molar-refractivity contribution in [3.05, 3.63) is 48.0 Å². The topological polar surface area (TPSA) is 47.4 Å². The molecule has 24 heavy (non-hydrogen) atoms. The number of likely N-dealkylation sites (tertiary alicyclic amines) is 1. The van der Waals surface area contributed by atoms with Gasteiger partial charge in [-0.1, -0.05) is 6.07 Å². The van der Waals surface area contributed by atoms with Crippen LogP contribution in [0.25, 0.3) is 0 Å². The fraction of sp³-hybridized carbons (Fsp3) is 0.474. The molecule has 1 aliphatic rings. The average Bonchev–Trinajstić information content (AvgIpc) is 3.12. The number of benzene rings is 1. The fourth-order valence-corrected chi connectivity index (χ4v) is 3.06. The molecule has 2 aromatic rings. The highest BCUT2D eigenvalue weighted by Crippen LogP contribution is 2.23.